The van der Waals surface area contributed by atoms with Crippen LogP contribution < -0.4 is 0 Å². The first-order chi connectivity index (χ1) is 21.6. The van der Waals surface area contributed by atoms with Crippen molar-refractivity contribution in [3.8, 4) is 0 Å². The Morgan fingerprint density at radius 1 is 0.364 bits per heavy atom. The number of hydrogen-bond donors (Lipinski definition) is 0. The van der Waals surface area contributed by atoms with Gasteiger partial charge in [-0.1, -0.05) is 13.8 Å². The van der Waals surface area contributed by atoms with Gasteiger partial charge in [-0.05, 0) is 20.1 Å². The van der Waals surface area contributed by atoms with E-state index in [4.69, 9.17) is 9.47 Å². The van der Waals surface area contributed by atoms with Gasteiger partial charge in [0.05, 0.1) is 26.4 Å². The Balaban J connectivity index is 0.891. The summed E-state index contributed by atoms with van der Waals surface area (Å²) in [5, 5.41) is 0. The van der Waals surface area contributed by atoms with E-state index in [1.165, 1.54) is 144 Å². The molecule has 0 saturated carbocycles. The fraction of sp³-hybridized carbons (Fsp3) is 1.00. The van der Waals surface area contributed by atoms with E-state index in [9.17, 15) is 0 Å². The number of nitrogens with zero attached hydrogens (tertiary/aromatic N) is 9. The summed E-state index contributed by atoms with van der Waals surface area (Å²) in [5.74, 6) is 0. The van der Waals surface area contributed by atoms with E-state index in [0.29, 0.717) is 0 Å². The van der Waals surface area contributed by atoms with Crippen LogP contribution in [0.5, 0.6) is 0 Å². The summed E-state index contributed by atoms with van der Waals surface area (Å²) in [7, 11) is 2.18. The molecule has 0 unspecified atom stereocenters. The molecule has 0 amide bonds. The summed E-state index contributed by atoms with van der Waals surface area (Å²) in [6.45, 7) is 38.6. The Morgan fingerprint density at radius 2 is 0.614 bits per heavy atom. The summed E-state index contributed by atoms with van der Waals surface area (Å²) in [4.78, 5) is 23.2. The molecule has 0 radical (unpaired) electrons. The zero-order valence-electron chi connectivity index (χ0n) is 29.1. The first-order valence-electron chi connectivity index (χ1n) is 18.2. The molecular formula is C33H69N9O2. The van der Waals surface area contributed by atoms with E-state index in [-0.39, 0.29) is 0 Å². The number of likely N-dealkylation sites (N-methyl/N-ethyl adjacent to an activating group) is 3. The lowest BCUT2D eigenvalue weighted by molar-refractivity contribution is 0.0488. The largest absolute Gasteiger partial charge is 0.379 e. The lowest BCUT2D eigenvalue weighted by Gasteiger charge is -2.38. The third-order valence-electron chi connectivity index (χ3n) is 10.6. The van der Waals surface area contributed by atoms with Crippen molar-refractivity contribution in [2.75, 3.05) is 204 Å². The average Bonchev–Trinajstić information content (AvgIpc) is 3.07. The third kappa shape index (κ3) is 14.1. The number of rotatable bonds is 20. The molecular weight excluding hydrogens is 554 g/mol. The van der Waals surface area contributed by atoms with Gasteiger partial charge < -0.3 is 24.2 Å². The van der Waals surface area contributed by atoms with Crippen LogP contribution in [0.15, 0.2) is 0 Å². The lowest BCUT2D eigenvalue weighted by atomic mass is 10.3. The zero-order valence-corrected chi connectivity index (χ0v) is 29.1. The van der Waals surface area contributed by atoms with Crippen molar-refractivity contribution in [2.45, 2.75) is 13.8 Å². The second-order valence-corrected chi connectivity index (χ2v) is 13.4. The molecule has 0 spiro atoms. The molecule has 4 fully saturated rings. The van der Waals surface area contributed by atoms with Gasteiger partial charge >= 0.3 is 0 Å². The molecule has 0 N–H and O–H groups in total. The second-order valence-electron chi connectivity index (χ2n) is 13.4. The van der Waals surface area contributed by atoms with Crippen molar-refractivity contribution in [1.29, 1.82) is 0 Å². The molecule has 0 aromatic carbocycles. The standard InChI is InChI=1S/C33H69N9O2/c1-4-35-6-10-37(11-7-35)14-16-39-18-22-41(23-19-39)28-32-43-30-26-34(3)27-31-44-33-29-42-24-20-40(21-25-42)17-15-38-12-8-36(5-2)9-13-38/h4-33H2,1-3H3. The predicted molar refractivity (Wildman–Crippen MR) is 182 cm³/mol. The molecule has 44 heavy (non-hydrogen) atoms. The predicted octanol–water partition coefficient (Wildman–Crippen LogP) is -0.538. The highest BCUT2D eigenvalue weighted by atomic mass is 16.5. The van der Waals surface area contributed by atoms with Gasteiger partial charge in [-0.15, -0.1) is 0 Å². The zero-order chi connectivity index (χ0) is 30.8. The Morgan fingerprint density at radius 3 is 0.886 bits per heavy atom. The minimum absolute atomic E-state index is 0.807. The van der Waals surface area contributed by atoms with Crippen LogP contribution in [0.3, 0.4) is 0 Å². The van der Waals surface area contributed by atoms with Crippen LogP contribution in [0.4, 0.5) is 0 Å². The molecule has 0 bridgehead atoms. The van der Waals surface area contributed by atoms with E-state index >= 15 is 0 Å². The summed E-state index contributed by atoms with van der Waals surface area (Å²) in [6, 6.07) is 0. The fourth-order valence-corrected chi connectivity index (χ4v) is 6.84. The van der Waals surface area contributed by atoms with Crippen LogP contribution in [0.2, 0.25) is 0 Å². The summed E-state index contributed by atoms with van der Waals surface area (Å²) >= 11 is 0. The lowest BCUT2D eigenvalue weighted by Crippen LogP contribution is -2.51. The van der Waals surface area contributed by atoms with Crippen molar-refractivity contribution < 1.29 is 9.47 Å². The van der Waals surface area contributed by atoms with Crippen LogP contribution in [-0.2, 0) is 9.47 Å². The highest BCUT2D eigenvalue weighted by Gasteiger charge is 2.21. The quantitative estimate of drug-likeness (QED) is 0.165. The normalized spacial score (nSPS) is 23.7. The van der Waals surface area contributed by atoms with Gasteiger partial charge in [-0.2, -0.15) is 0 Å². The number of ether oxygens (including phenoxy) is 2. The summed E-state index contributed by atoms with van der Waals surface area (Å²) in [6.07, 6.45) is 0. The Kier molecular flexibility index (Phi) is 17.7. The third-order valence-corrected chi connectivity index (χ3v) is 10.6. The Bertz CT molecular complexity index is 647. The molecule has 4 aliphatic rings. The first-order valence-corrected chi connectivity index (χ1v) is 18.2. The van der Waals surface area contributed by atoms with Crippen LogP contribution >= 0.6 is 0 Å². The monoisotopic (exact) mass is 624 g/mol. The van der Waals surface area contributed by atoms with Gasteiger partial charge in [0.25, 0.3) is 0 Å². The average molecular weight is 624 g/mol. The topological polar surface area (TPSA) is 47.6 Å². The van der Waals surface area contributed by atoms with Crippen LogP contribution in [-0.4, -0.2) is 248 Å². The van der Waals surface area contributed by atoms with E-state index in [1.807, 2.05) is 0 Å². The summed E-state index contributed by atoms with van der Waals surface area (Å²) < 4.78 is 12.0. The van der Waals surface area contributed by atoms with Crippen LogP contribution in [0.25, 0.3) is 0 Å². The molecule has 258 valence electrons. The number of hydrogen-bond acceptors (Lipinski definition) is 11. The highest BCUT2D eigenvalue weighted by Crippen LogP contribution is 2.06. The van der Waals surface area contributed by atoms with Gasteiger partial charge in [0.2, 0.25) is 0 Å². The fourth-order valence-electron chi connectivity index (χ4n) is 6.84. The maximum Gasteiger partial charge on any atom is 0.0594 e. The Labute approximate surface area is 270 Å². The molecule has 4 saturated heterocycles. The maximum absolute atomic E-state index is 5.99. The smallest absolute Gasteiger partial charge is 0.0594 e. The summed E-state index contributed by atoms with van der Waals surface area (Å²) in [5.41, 5.74) is 0. The van der Waals surface area contributed by atoms with Crippen molar-refractivity contribution >= 4 is 0 Å². The van der Waals surface area contributed by atoms with E-state index in [1.54, 1.807) is 0 Å². The highest BCUT2D eigenvalue weighted by molar-refractivity contribution is 4.77. The van der Waals surface area contributed by atoms with E-state index in [2.05, 4.69) is 65.0 Å². The van der Waals surface area contributed by atoms with Crippen LogP contribution in [0.1, 0.15) is 13.8 Å². The molecule has 4 heterocycles. The first kappa shape index (κ1) is 36.4. The molecule has 4 rings (SSSR count). The van der Waals surface area contributed by atoms with Gasteiger partial charge in [-0.3, -0.25) is 29.4 Å². The van der Waals surface area contributed by atoms with Crippen molar-refractivity contribution in [3.05, 3.63) is 0 Å². The van der Waals surface area contributed by atoms with E-state index in [0.717, 1.165) is 52.6 Å². The minimum atomic E-state index is 0.807. The SMILES string of the molecule is CCN1CCN(CCN2CCN(CCOCCN(C)CCOCCN3CCN(CCN4CCN(CC)CC4)CC3)CC2)CC1. The molecule has 0 aliphatic carbocycles. The van der Waals surface area contributed by atoms with Crippen molar-refractivity contribution in [2.24, 2.45) is 0 Å². The number of piperazine rings is 4. The molecule has 11 heteroatoms. The molecule has 4 aliphatic heterocycles. The van der Waals surface area contributed by atoms with Crippen molar-refractivity contribution in [1.82, 2.24) is 44.1 Å². The molecule has 11 nitrogen and oxygen atoms in total. The Hall–Kier alpha value is -0.440. The van der Waals surface area contributed by atoms with E-state index < -0.39 is 0 Å². The van der Waals surface area contributed by atoms with Crippen LogP contribution in [0, 0.1) is 0 Å². The van der Waals surface area contributed by atoms with Gasteiger partial charge in [0.1, 0.15) is 0 Å². The van der Waals surface area contributed by atoms with Crippen molar-refractivity contribution in [3.63, 3.8) is 0 Å². The molecule has 0 atom stereocenters. The minimum Gasteiger partial charge on any atom is -0.379 e. The molecule has 0 aromatic rings. The van der Waals surface area contributed by atoms with Gasteiger partial charge in [-0.25, -0.2) is 0 Å². The van der Waals surface area contributed by atoms with Gasteiger partial charge in [0, 0.05) is 157 Å². The maximum atomic E-state index is 5.99. The van der Waals surface area contributed by atoms with Gasteiger partial charge in [0.15, 0.2) is 0 Å². The second kappa shape index (κ2) is 21.4. The molecule has 0 aromatic heterocycles.